The predicted octanol–water partition coefficient (Wildman–Crippen LogP) is 2.17. The fourth-order valence-electron chi connectivity index (χ4n) is 2.03. The highest BCUT2D eigenvalue weighted by molar-refractivity contribution is 8.01. The van der Waals surface area contributed by atoms with Crippen LogP contribution in [0.2, 0.25) is 0 Å². The fraction of sp³-hybridized carbons (Fsp3) is 0.462. The normalized spacial score (nSPS) is 23.6. The minimum absolute atomic E-state index is 0.141. The van der Waals surface area contributed by atoms with Crippen LogP contribution in [-0.4, -0.2) is 16.4 Å². The summed E-state index contributed by atoms with van der Waals surface area (Å²) in [5.74, 6) is 1.23. The van der Waals surface area contributed by atoms with E-state index in [-0.39, 0.29) is 10.7 Å². The third kappa shape index (κ3) is 2.94. The molecule has 0 radical (unpaired) electrons. The molecule has 1 fully saturated rings. The molecule has 1 aliphatic heterocycles. The Morgan fingerprint density at radius 2 is 2.41 bits per heavy atom. The van der Waals surface area contributed by atoms with E-state index in [4.69, 9.17) is 5.73 Å². The maximum Gasteiger partial charge on any atom is 0.236 e. The molecule has 3 N–H and O–H groups in total. The highest BCUT2D eigenvalue weighted by atomic mass is 32.2. The van der Waals surface area contributed by atoms with Crippen molar-refractivity contribution in [3.63, 3.8) is 0 Å². The van der Waals surface area contributed by atoms with Gasteiger partial charge in [-0.25, -0.2) is 0 Å². The summed E-state index contributed by atoms with van der Waals surface area (Å²) in [5.41, 5.74) is 7.48. The van der Waals surface area contributed by atoms with Crippen molar-refractivity contribution < 1.29 is 4.79 Å². The molecule has 92 valence electrons. The first kappa shape index (κ1) is 12.3. The van der Waals surface area contributed by atoms with Crippen molar-refractivity contribution in [3.05, 3.63) is 29.8 Å². The lowest BCUT2D eigenvalue weighted by atomic mass is 10.0. The van der Waals surface area contributed by atoms with Gasteiger partial charge in [0.05, 0.1) is 4.75 Å². The smallest absolute Gasteiger partial charge is 0.236 e. The number of benzene rings is 1. The Labute approximate surface area is 106 Å². The van der Waals surface area contributed by atoms with Gasteiger partial charge < -0.3 is 11.1 Å². The van der Waals surface area contributed by atoms with E-state index in [9.17, 15) is 4.79 Å². The van der Waals surface area contributed by atoms with E-state index in [1.165, 1.54) is 0 Å². The van der Waals surface area contributed by atoms with Crippen molar-refractivity contribution in [2.45, 2.75) is 31.1 Å². The molecule has 0 saturated carbocycles. The standard InChI is InChI=1S/C13H18N2OS/c1-13(6-3-7-17-13)12(16)15-9-10-4-2-5-11(14)8-10/h2,4-5,8H,3,6-7,9,14H2,1H3,(H,15,16). The zero-order valence-corrected chi connectivity index (χ0v) is 10.8. The van der Waals surface area contributed by atoms with Crippen molar-refractivity contribution in [1.82, 2.24) is 5.32 Å². The van der Waals surface area contributed by atoms with Gasteiger partial charge >= 0.3 is 0 Å². The molecule has 1 aromatic carbocycles. The molecule has 0 bridgehead atoms. The molecule has 3 nitrogen and oxygen atoms in total. The van der Waals surface area contributed by atoms with Gasteiger partial charge in [-0.15, -0.1) is 11.8 Å². The Hall–Kier alpha value is -1.16. The Kier molecular flexibility index (Phi) is 3.62. The minimum Gasteiger partial charge on any atom is -0.399 e. The van der Waals surface area contributed by atoms with Crippen molar-refractivity contribution in [3.8, 4) is 0 Å². The highest BCUT2D eigenvalue weighted by Crippen LogP contribution is 2.37. The number of nitrogens with one attached hydrogen (secondary N) is 1. The Bertz CT molecular complexity index is 414. The number of rotatable bonds is 3. The Morgan fingerprint density at radius 1 is 1.59 bits per heavy atom. The van der Waals surface area contributed by atoms with Gasteiger partial charge in [-0.1, -0.05) is 12.1 Å². The summed E-state index contributed by atoms with van der Waals surface area (Å²) in [7, 11) is 0. The molecule has 2 rings (SSSR count). The van der Waals surface area contributed by atoms with Gasteiger partial charge in [-0.2, -0.15) is 0 Å². The number of thioether (sulfide) groups is 1. The molecule has 1 saturated heterocycles. The molecule has 1 atom stereocenters. The van der Waals surface area contributed by atoms with Crippen LogP contribution in [0.3, 0.4) is 0 Å². The Balaban J connectivity index is 1.92. The van der Waals surface area contributed by atoms with Crippen molar-refractivity contribution in [2.75, 3.05) is 11.5 Å². The van der Waals surface area contributed by atoms with E-state index in [2.05, 4.69) is 5.32 Å². The molecule has 1 heterocycles. The van der Waals surface area contributed by atoms with Crippen molar-refractivity contribution >= 4 is 23.4 Å². The van der Waals surface area contributed by atoms with Crippen LogP contribution in [0.1, 0.15) is 25.3 Å². The first-order valence-corrected chi connectivity index (χ1v) is 6.85. The average molecular weight is 250 g/mol. The summed E-state index contributed by atoms with van der Waals surface area (Å²) in [6.07, 6.45) is 2.10. The van der Waals surface area contributed by atoms with Gasteiger partial charge in [0.25, 0.3) is 0 Å². The van der Waals surface area contributed by atoms with E-state index in [0.717, 1.165) is 29.8 Å². The highest BCUT2D eigenvalue weighted by Gasteiger charge is 2.36. The summed E-state index contributed by atoms with van der Waals surface area (Å²) in [5, 5.41) is 2.99. The summed E-state index contributed by atoms with van der Waals surface area (Å²) in [6, 6.07) is 7.62. The van der Waals surface area contributed by atoms with Crippen LogP contribution in [0.4, 0.5) is 5.69 Å². The molecule has 0 spiro atoms. The molecule has 4 heteroatoms. The van der Waals surface area contributed by atoms with Gasteiger partial charge in [0.2, 0.25) is 5.91 Å². The van der Waals surface area contributed by atoms with E-state index >= 15 is 0 Å². The number of carbonyl (C=O) groups excluding carboxylic acids is 1. The van der Waals surface area contributed by atoms with Crippen LogP contribution < -0.4 is 11.1 Å². The monoisotopic (exact) mass is 250 g/mol. The van der Waals surface area contributed by atoms with E-state index in [1.54, 1.807) is 11.8 Å². The average Bonchev–Trinajstić information content (AvgIpc) is 2.74. The molecule has 1 amide bonds. The van der Waals surface area contributed by atoms with Gasteiger partial charge in [-0.3, -0.25) is 4.79 Å². The second-order valence-electron chi connectivity index (χ2n) is 4.61. The number of anilines is 1. The number of hydrogen-bond acceptors (Lipinski definition) is 3. The molecule has 1 aromatic rings. The summed E-state index contributed by atoms with van der Waals surface area (Å²) >= 11 is 1.75. The summed E-state index contributed by atoms with van der Waals surface area (Å²) < 4.78 is -0.236. The molecular formula is C13H18N2OS. The second-order valence-corrected chi connectivity index (χ2v) is 6.21. The van der Waals surface area contributed by atoms with Crippen LogP contribution in [0, 0.1) is 0 Å². The van der Waals surface area contributed by atoms with Gasteiger partial charge in [-0.05, 0) is 43.2 Å². The third-order valence-corrected chi connectivity index (χ3v) is 4.62. The number of nitrogen functional groups attached to an aromatic ring is 1. The molecule has 0 aliphatic carbocycles. The van der Waals surface area contributed by atoms with Crippen molar-refractivity contribution in [2.24, 2.45) is 0 Å². The first-order valence-electron chi connectivity index (χ1n) is 5.87. The van der Waals surface area contributed by atoms with Gasteiger partial charge in [0, 0.05) is 12.2 Å². The van der Waals surface area contributed by atoms with Crippen LogP contribution >= 0.6 is 11.8 Å². The van der Waals surface area contributed by atoms with Crippen molar-refractivity contribution in [1.29, 1.82) is 0 Å². The lowest BCUT2D eigenvalue weighted by Gasteiger charge is -2.21. The maximum absolute atomic E-state index is 12.1. The molecular weight excluding hydrogens is 232 g/mol. The topological polar surface area (TPSA) is 55.1 Å². The van der Waals surface area contributed by atoms with E-state index < -0.39 is 0 Å². The molecule has 1 unspecified atom stereocenters. The third-order valence-electron chi connectivity index (χ3n) is 3.10. The first-order chi connectivity index (χ1) is 8.10. The number of hydrogen-bond donors (Lipinski definition) is 2. The lowest BCUT2D eigenvalue weighted by Crippen LogP contribution is -2.39. The fourth-order valence-corrected chi connectivity index (χ4v) is 3.26. The zero-order chi connectivity index (χ0) is 12.3. The minimum atomic E-state index is -0.236. The quantitative estimate of drug-likeness (QED) is 0.808. The lowest BCUT2D eigenvalue weighted by molar-refractivity contribution is -0.123. The van der Waals surface area contributed by atoms with Gasteiger partial charge in [0.1, 0.15) is 0 Å². The van der Waals surface area contributed by atoms with E-state index in [0.29, 0.717) is 6.54 Å². The predicted molar refractivity (Wildman–Crippen MR) is 72.8 cm³/mol. The van der Waals surface area contributed by atoms with Crippen LogP contribution in [0.5, 0.6) is 0 Å². The zero-order valence-electron chi connectivity index (χ0n) is 10.0. The Morgan fingerprint density at radius 3 is 3.06 bits per heavy atom. The van der Waals surface area contributed by atoms with E-state index in [1.807, 2.05) is 31.2 Å². The molecule has 1 aliphatic rings. The largest absolute Gasteiger partial charge is 0.399 e. The molecule has 17 heavy (non-hydrogen) atoms. The summed E-state index contributed by atoms with van der Waals surface area (Å²) in [4.78, 5) is 12.1. The SMILES string of the molecule is CC1(C(=O)NCc2cccc(N)c2)CCCS1. The van der Waals surface area contributed by atoms with Crippen LogP contribution in [0.15, 0.2) is 24.3 Å². The summed E-state index contributed by atoms with van der Waals surface area (Å²) in [6.45, 7) is 2.58. The second kappa shape index (κ2) is 5.00. The van der Waals surface area contributed by atoms with Crippen LogP contribution in [-0.2, 0) is 11.3 Å². The number of carbonyl (C=O) groups is 1. The maximum atomic E-state index is 12.1. The molecule has 0 aromatic heterocycles. The van der Waals surface area contributed by atoms with Gasteiger partial charge in [0.15, 0.2) is 0 Å². The number of nitrogens with two attached hydrogens (primary N) is 1. The van der Waals surface area contributed by atoms with Crippen LogP contribution in [0.25, 0.3) is 0 Å². The number of amides is 1.